The largest absolute Gasteiger partial charge is 0.466 e. The molecule has 1 aromatic carbocycles. The molecule has 0 spiro atoms. The van der Waals surface area contributed by atoms with Gasteiger partial charge >= 0.3 is 5.97 Å². The molecule has 1 aliphatic carbocycles. The van der Waals surface area contributed by atoms with Crippen molar-refractivity contribution in [3.63, 3.8) is 0 Å². The van der Waals surface area contributed by atoms with Crippen LogP contribution in [0.3, 0.4) is 0 Å². The lowest BCUT2D eigenvalue weighted by atomic mass is 10.1. The summed E-state index contributed by atoms with van der Waals surface area (Å²) < 4.78 is 24.6. The number of hydrogen-bond acceptors (Lipinski definition) is 3. The number of ether oxygens (including phenoxy) is 2. The first-order valence-corrected chi connectivity index (χ1v) is 8.02. The zero-order valence-corrected chi connectivity index (χ0v) is 13.5. The van der Waals surface area contributed by atoms with Crippen molar-refractivity contribution in [2.75, 3.05) is 6.61 Å². The molecule has 0 amide bonds. The lowest BCUT2D eigenvalue weighted by molar-refractivity contribution is -0.148. The molecule has 1 aliphatic rings. The van der Waals surface area contributed by atoms with Gasteiger partial charge in [0.25, 0.3) is 0 Å². The second-order valence-electron chi connectivity index (χ2n) is 4.88. The Morgan fingerprint density at radius 2 is 2.15 bits per heavy atom. The highest BCUT2D eigenvalue weighted by Crippen LogP contribution is 2.35. The zero-order valence-electron chi connectivity index (χ0n) is 11.4. The average molecular weight is 392 g/mol. The molecule has 1 aromatic rings. The van der Waals surface area contributed by atoms with Crippen LogP contribution in [0.1, 0.15) is 25.3 Å². The van der Waals surface area contributed by atoms with Crippen LogP contribution >= 0.6 is 22.6 Å². The Kier molecular flexibility index (Phi) is 5.77. The normalized spacial score (nSPS) is 25.6. The minimum Gasteiger partial charge on any atom is -0.466 e. The molecule has 2 rings (SSSR count). The molecule has 1 fully saturated rings. The van der Waals surface area contributed by atoms with Crippen LogP contribution in [0.25, 0.3) is 0 Å². The van der Waals surface area contributed by atoms with Crippen LogP contribution in [0.5, 0.6) is 0 Å². The summed E-state index contributed by atoms with van der Waals surface area (Å²) in [6, 6.07) is 6.59. The van der Waals surface area contributed by atoms with Gasteiger partial charge in [0.1, 0.15) is 5.82 Å². The van der Waals surface area contributed by atoms with Crippen LogP contribution in [-0.4, -0.2) is 22.6 Å². The summed E-state index contributed by atoms with van der Waals surface area (Å²) in [5.74, 6) is -0.494. The molecule has 0 aromatic heterocycles. The maximum absolute atomic E-state index is 13.5. The molecule has 3 atom stereocenters. The highest BCUT2D eigenvalue weighted by atomic mass is 127. The molecule has 0 radical (unpaired) electrons. The summed E-state index contributed by atoms with van der Waals surface area (Å²) in [5, 5.41) is 0. The average Bonchev–Trinajstić information content (AvgIpc) is 2.80. The van der Waals surface area contributed by atoms with E-state index in [9.17, 15) is 9.18 Å². The van der Waals surface area contributed by atoms with E-state index in [2.05, 4.69) is 22.6 Å². The van der Waals surface area contributed by atoms with Gasteiger partial charge in [0.05, 0.1) is 25.2 Å². The molecule has 0 N–H and O–H groups in total. The Hall–Kier alpha value is -0.690. The topological polar surface area (TPSA) is 35.5 Å². The molecule has 3 nitrogen and oxygen atoms in total. The number of carbonyl (C=O) groups is 1. The summed E-state index contributed by atoms with van der Waals surface area (Å²) >= 11 is 2.30. The Morgan fingerprint density at radius 3 is 2.85 bits per heavy atom. The molecule has 20 heavy (non-hydrogen) atoms. The number of alkyl halides is 1. The predicted molar refractivity (Wildman–Crippen MR) is 82.1 cm³/mol. The predicted octanol–water partition coefficient (Wildman–Crippen LogP) is 3.49. The van der Waals surface area contributed by atoms with E-state index in [-0.39, 0.29) is 34.3 Å². The van der Waals surface area contributed by atoms with Gasteiger partial charge in [-0.15, -0.1) is 0 Å². The van der Waals surface area contributed by atoms with E-state index in [1.54, 1.807) is 25.1 Å². The summed E-state index contributed by atoms with van der Waals surface area (Å²) in [6.07, 6.45) is 1.40. The quantitative estimate of drug-likeness (QED) is 0.437. The smallest absolute Gasteiger partial charge is 0.309 e. The second kappa shape index (κ2) is 7.36. The summed E-state index contributed by atoms with van der Waals surface area (Å²) in [7, 11) is 0. The molecular weight excluding hydrogens is 374 g/mol. The van der Waals surface area contributed by atoms with Crippen LogP contribution in [-0.2, 0) is 20.9 Å². The molecule has 0 heterocycles. The van der Waals surface area contributed by atoms with Crippen LogP contribution in [0.15, 0.2) is 24.3 Å². The molecule has 1 saturated carbocycles. The second-order valence-corrected chi connectivity index (χ2v) is 6.48. The minimum absolute atomic E-state index is 0.0235. The SMILES string of the molecule is CCOC(=O)C1CC(I)C(OCc2ccccc2F)C1. The fourth-order valence-corrected chi connectivity index (χ4v) is 3.50. The third kappa shape index (κ3) is 3.91. The van der Waals surface area contributed by atoms with E-state index in [1.807, 2.05) is 0 Å². The first-order chi connectivity index (χ1) is 9.61. The number of hydrogen-bond donors (Lipinski definition) is 0. The number of benzene rings is 1. The van der Waals surface area contributed by atoms with Gasteiger partial charge in [0, 0.05) is 9.49 Å². The first-order valence-electron chi connectivity index (χ1n) is 6.77. The minimum atomic E-state index is -0.252. The van der Waals surface area contributed by atoms with E-state index in [0.29, 0.717) is 18.6 Å². The van der Waals surface area contributed by atoms with Gasteiger partial charge in [0.2, 0.25) is 0 Å². The van der Waals surface area contributed by atoms with E-state index in [0.717, 1.165) is 6.42 Å². The molecule has 0 bridgehead atoms. The molecule has 5 heteroatoms. The van der Waals surface area contributed by atoms with Crippen LogP contribution in [0.2, 0.25) is 0 Å². The van der Waals surface area contributed by atoms with E-state index in [4.69, 9.17) is 9.47 Å². The van der Waals surface area contributed by atoms with Crippen molar-refractivity contribution in [3.8, 4) is 0 Å². The third-order valence-corrected chi connectivity index (χ3v) is 4.77. The highest BCUT2D eigenvalue weighted by molar-refractivity contribution is 14.1. The maximum Gasteiger partial charge on any atom is 0.309 e. The lowest BCUT2D eigenvalue weighted by Gasteiger charge is -2.15. The van der Waals surface area contributed by atoms with Gasteiger partial charge in [-0.25, -0.2) is 4.39 Å². The number of halogens is 2. The van der Waals surface area contributed by atoms with Gasteiger partial charge in [0.15, 0.2) is 0 Å². The van der Waals surface area contributed by atoms with Crippen LogP contribution in [0.4, 0.5) is 4.39 Å². The van der Waals surface area contributed by atoms with Crippen LogP contribution in [0, 0.1) is 11.7 Å². The van der Waals surface area contributed by atoms with Crippen LogP contribution < -0.4 is 0 Å². The van der Waals surface area contributed by atoms with Crippen molar-refractivity contribution in [1.29, 1.82) is 0 Å². The van der Waals surface area contributed by atoms with E-state index >= 15 is 0 Å². The Morgan fingerprint density at radius 1 is 1.40 bits per heavy atom. The van der Waals surface area contributed by atoms with Crippen molar-refractivity contribution in [2.24, 2.45) is 5.92 Å². The third-order valence-electron chi connectivity index (χ3n) is 3.46. The van der Waals surface area contributed by atoms with Gasteiger partial charge in [-0.3, -0.25) is 4.79 Å². The maximum atomic E-state index is 13.5. The van der Waals surface area contributed by atoms with E-state index < -0.39 is 0 Å². The summed E-state index contributed by atoms with van der Waals surface area (Å²) in [4.78, 5) is 11.7. The first kappa shape index (κ1) is 15.7. The van der Waals surface area contributed by atoms with E-state index in [1.165, 1.54) is 6.07 Å². The number of esters is 1. The van der Waals surface area contributed by atoms with Crippen molar-refractivity contribution in [3.05, 3.63) is 35.6 Å². The van der Waals surface area contributed by atoms with Gasteiger partial charge in [-0.05, 0) is 25.8 Å². The lowest BCUT2D eigenvalue weighted by Crippen LogP contribution is -2.18. The Labute approximate surface area is 132 Å². The highest BCUT2D eigenvalue weighted by Gasteiger charge is 2.38. The van der Waals surface area contributed by atoms with Crippen molar-refractivity contribution in [1.82, 2.24) is 0 Å². The molecular formula is C15H18FIO3. The Bertz CT molecular complexity index is 466. The summed E-state index contributed by atoms with van der Waals surface area (Å²) in [6.45, 7) is 2.45. The molecule has 0 aliphatic heterocycles. The number of rotatable bonds is 5. The monoisotopic (exact) mass is 392 g/mol. The summed E-state index contributed by atoms with van der Waals surface area (Å²) in [5.41, 5.74) is 0.552. The zero-order chi connectivity index (χ0) is 14.5. The number of carbonyl (C=O) groups excluding carboxylic acids is 1. The Balaban J connectivity index is 1.88. The van der Waals surface area contributed by atoms with Crippen molar-refractivity contribution < 1.29 is 18.7 Å². The van der Waals surface area contributed by atoms with Gasteiger partial charge < -0.3 is 9.47 Å². The molecule has 3 unspecified atom stereocenters. The standard InChI is InChI=1S/C15H18FIO3/c1-2-19-15(18)11-7-13(17)14(8-11)20-9-10-5-3-4-6-12(10)16/h3-6,11,13-14H,2,7-9H2,1H3. The fourth-order valence-electron chi connectivity index (χ4n) is 2.39. The van der Waals surface area contributed by atoms with Crippen molar-refractivity contribution >= 4 is 28.6 Å². The fraction of sp³-hybridized carbons (Fsp3) is 0.533. The van der Waals surface area contributed by atoms with Gasteiger partial charge in [-0.2, -0.15) is 0 Å². The molecule has 0 saturated heterocycles. The van der Waals surface area contributed by atoms with Crippen molar-refractivity contribution in [2.45, 2.75) is 36.4 Å². The molecule has 110 valence electrons. The van der Waals surface area contributed by atoms with Gasteiger partial charge in [-0.1, -0.05) is 40.8 Å².